The summed E-state index contributed by atoms with van der Waals surface area (Å²) in [6.07, 6.45) is 1.78. The molecule has 2 atom stereocenters. The first kappa shape index (κ1) is 18.0. The molecule has 2 fully saturated rings. The van der Waals surface area contributed by atoms with Gasteiger partial charge in [-0.15, -0.1) is 11.6 Å². The molecule has 0 aromatic heterocycles. The van der Waals surface area contributed by atoms with Gasteiger partial charge in [-0.25, -0.2) is 0 Å². The van der Waals surface area contributed by atoms with Gasteiger partial charge in [0, 0.05) is 38.1 Å². The second-order valence-electron chi connectivity index (χ2n) is 6.77. The van der Waals surface area contributed by atoms with E-state index in [0.29, 0.717) is 26.1 Å². The molecule has 0 aliphatic carbocycles. The number of rotatable bonds is 4. The maximum Gasteiger partial charge on any atom is 0.237 e. The Balaban J connectivity index is 1.82. The molecule has 0 radical (unpaired) electrons. The zero-order valence-electron chi connectivity index (χ0n) is 14.0. The van der Waals surface area contributed by atoms with E-state index in [1.54, 1.807) is 11.8 Å². The van der Waals surface area contributed by atoms with E-state index >= 15 is 0 Å². The summed E-state index contributed by atoms with van der Waals surface area (Å²) in [4.78, 5) is 39.7. The first-order valence-electron chi connectivity index (χ1n) is 8.32. The molecule has 2 aliphatic heterocycles. The zero-order chi connectivity index (χ0) is 17.1. The smallest absolute Gasteiger partial charge is 0.237 e. The predicted octanol–water partition coefficient (Wildman–Crippen LogP) is 0.978. The summed E-state index contributed by atoms with van der Waals surface area (Å²) in [6.45, 7) is 7.34. The molecule has 0 saturated carbocycles. The Hall–Kier alpha value is -1.30. The summed E-state index contributed by atoms with van der Waals surface area (Å²) in [7, 11) is 0. The van der Waals surface area contributed by atoms with Crippen LogP contribution < -0.4 is 5.32 Å². The van der Waals surface area contributed by atoms with Gasteiger partial charge in [0.15, 0.2) is 0 Å². The Morgan fingerprint density at radius 1 is 1.22 bits per heavy atom. The fourth-order valence-corrected chi connectivity index (χ4v) is 3.28. The van der Waals surface area contributed by atoms with Crippen molar-refractivity contribution in [3.05, 3.63) is 0 Å². The van der Waals surface area contributed by atoms with Gasteiger partial charge in [0.25, 0.3) is 0 Å². The van der Waals surface area contributed by atoms with E-state index in [4.69, 9.17) is 11.6 Å². The molecule has 7 heteroatoms. The lowest BCUT2D eigenvalue weighted by molar-refractivity contribution is -0.137. The zero-order valence-corrected chi connectivity index (χ0v) is 14.8. The molecule has 0 bridgehead atoms. The quantitative estimate of drug-likeness (QED) is 0.773. The van der Waals surface area contributed by atoms with Crippen molar-refractivity contribution < 1.29 is 14.4 Å². The van der Waals surface area contributed by atoms with Crippen molar-refractivity contribution in [2.45, 2.75) is 57.5 Å². The largest absolute Gasteiger partial charge is 0.352 e. The van der Waals surface area contributed by atoms with Crippen LogP contribution in [0.25, 0.3) is 0 Å². The van der Waals surface area contributed by atoms with Crippen molar-refractivity contribution in [2.24, 2.45) is 5.92 Å². The highest BCUT2D eigenvalue weighted by Gasteiger charge is 2.38. The number of carbonyl (C=O) groups is 3. The second-order valence-corrected chi connectivity index (χ2v) is 7.42. The number of likely N-dealkylation sites (tertiary alicyclic amines) is 2. The van der Waals surface area contributed by atoms with Crippen LogP contribution >= 0.6 is 11.6 Å². The van der Waals surface area contributed by atoms with Crippen molar-refractivity contribution in [3.8, 4) is 0 Å². The van der Waals surface area contributed by atoms with Crippen LogP contribution in [0.2, 0.25) is 0 Å². The fraction of sp³-hybridized carbons (Fsp3) is 0.812. The molecular weight excluding hydrogens is 318 g/mol. The first-order chi connectivity index (χ1) is 10.8. The van der Waals surface area contributed by atoms with E-state index in [2.05, 4.69) is 5.32 Å². The SMILES string of the molecule is CC(Cl)C(=O)NC1CCN(C(=O)C2CC(=O)N(C(C)C)C2)CC1. The normalized spacial score (nSPS) is 24.2. The number of nitrogens with zero attached hydrogens (tertiary/aromatic N) is 2. The average molecular weight is 344 g/mol. The molecule has 2 aliphatic rings. The Bertz CT molecular complexity index is 473. The van der Waals surface area contributed by atoms with Gasteiger partial charge >= 0.3 is 0 Å². The topological polar surface area (TPSA) is 69.7 Å². The average Bonchev–Trinajstić information content (AvgIpc) is 2.89. The lowest BCUT2D eigenvalue weighted by atomic mass is 10.0. The van der Waals surface area contributed by atoms with Crippen molar-refractivity contribution in [1.29, 1.82) is 0 Å². The van der Waals surface area contributed by atoms with Crippen molar-refractivity contribution in [1.82, 2.24) is 15.1 Å². The summed E-state index contributed by atoms with van der Waals surface area (Å²) in [5.41, 5.74) is 0. The van der Waals surface area contributed by atoms with Crippen LogP contribution in [0.3, 0.4) is 0 Å². The Kier molecular flexibility index (Phi) is 5.89. The van der Waals surface area contributed by atoms with E-state index in [1.807, 2.05) is 18.7 Å². The van der Waals surface area contributed by atoms with Crippen molar-refractivity contribution in [3.63, 3.8) is 0 Å². The van der Waals surface area contributed by atoms with E-state index in [1.165, 1.54) is 0 Å². The van der Waals surface area contributed by atoms with Gasteiger partial charge in [-0.2, -0.15) is 0 Å². The summed E-state index contributed by atoms with van der Waals surface area (Å²) >= 11 is 5.75. The molecule has 2 heterocycles. The highest BCUT2D eigenvalue weighted by molar-refractivity contribution is 6.30. The van der Waals surface area contributed by atoms with Crippen LogP contribution in [0, 0.1) is 5.92 Å². The van der Waals surface area contributed by atoms with Crippen LogP contribution in [0.5, 0.6) is 0 Å². The van der Waals surface area contributed by atoms with Gasteiger partial charge < -0.3 is 15.1 Å². The third-order valence-corrected chi connectivity index (χ3v) is 4.84. The molecule has 3 amide bonds. The number of halogens is 1. The van der Waals surface area contributed by atoms with E-state index in [0.717, 1.165) is 12.8 Å². The van der Waals surface area contributed by atoms with Gasteiger partial charge in [-0.3, -0.25) is 14.4 Å². The van der Waals surface area contributed by atoms with E-state index in [9.17, 15) is 14.4 Å². The number of hydrogen-bond acceptors (Lipinski definition) is 3. The molecule has 130 valence electrons. The minimum atomic E-state index is -0.541. The molecule has 0 aromatic carbocycles. The Morgan fingerprint density at radius 3 is 2.30 bits per heavy atom. The highest BCUT2D eigenvalue weighted by Crippen LogP contribution is 2.23. The lowest BCUT2D eigenvalue weighted by Gasteiger charge is -2.34. The molecule has 2 rings (SSSR count). The molecule has 2 unspecified atom stereocenters. The molecule has 0 aromatic rings. The van der Waals surface area contributed by atoms with Crippen LogP contribution in [0.4, 0.5) is 0 Å². The summed E-state index contributed by atoms with van der Waals surface area (Å²) < 4.78 is 0. The Morgan fingerprint density at radius 2 is 1.83 bits per heavy atom. The molecule has 1 N–H and O–H groups in total. The molecule has 23 heavy (non-hydrogen) atoms. The molecule has 0 spiro atoms. The minimum Gasteiger partial charge on any atom is -0.352 e. The maximum absolute atomic E-state index is 12.6. The fourth-order valence-electron chi connectivity index (χ4n) is 3.21. The molecular formula is C16H26ClN3O3. The number of amides is 3. The highest BCUT2D eigenvalue weighted by atomic mass is 35.5. The van der Waals surface area contributed by atoms with Gasteiger partial charge in [-0.05, 0) is 33.6 Å². The molecule has 2 saturated heterocycles. The maximum atomic E-state index is 12.6. The van der Waals surface area contributed by atoms with Gasteiger partial charge in [0.05, 0.1) is 5.92 Å². The third-order valence-electron chi connectivity index (χ3n) is 4.65. The van der Waals surface area contributed by atoms with Crippen LogP contribution in [0.1, 0.15) is 40.0 Å². The van der Waals surface area contributed by atoms with Crippen molar-refractivity contribution >= 4 is 29.3 Å². The number of carbonyl (C=O) groups excluding carboxylic acids is 3. The number of piperidine rings is 1. The third kappa shape index (κ3) is 4.37. The monoisotopic (exact) mass is 343 g/mol. The van der Waals surface area contributed by atoms with Gasteiger partial charge in [0.2, 0.25) is 17.7 Å². The second kappa shape index (κ2) is 7.51. The summed E-state index contributed by atoms with van der Waals surface area (Å²) in [5.74, 6) is -0.252. The lowest BCUT2D eigenvalue weighted by Crippen LogP contribution is -2.49. The van der Waals surface area contributed by atoms with Crippen LogP contribution in [-0.2, 0) is 14.4 Å². The predicted molar refractivity (Wildman–Crippen MR) is 88.0 cm³/mol. The van der Waals surface area contributed by atoms with Gasteiger partial charge in [-0.1, -0.05) is 0 Å². The summed E-state index contributed by atoms with van der Waals surface area (Å²) in [5, 5.41) is 2.36. The number of alkyl halides is 1. The van der Waals surface area contributed by atoms with Crippen LogP contribution in [0.15, 0.2) is 0 Å². The standard InChI is InChI=1S/C16H26ClN3O3/c1-10(2)20-9-12(8-14(20)21)16(23)19-6-4-13(5-7-19)18-15(22)11(3)17/h10-13H,4-9H2,1-3H3,(H,18,22). The van der Waals surface area contributed by atoms with Gasteiger partial charge in [0.1, 0.15) is 5.38 Å². The number of nitrogens with one attached hydrogen (secondary N) is 1. The van der Waals surface area contributed by atoms with Crippen molar-refractivity contribution in [2.75, 3.05) is 19.6 Å². The minimum absolute atomic E-state index is 0.0663. The van der Waals surface area contributed by atoms with E-state index in [-0.39, 0.29) is 35.7 Å². The Labute approximate surface area is 142 Å². The van der Waals surface area contributed by atoms with E-state index < -0.39 is 5.38 Å². The number of hydrogen-bond donors (Lipinski definition) is 1. The van der Waals surface area contributed by atoms with Crippen LogP contribution in [-0.4, -0.2) is 64.6 Å². The first-order valence-corrected chi connectivity index (χ1v) is 8.76. The summed E-state index contributed by atoms with van der Waals surface area (Å²) in [6, 6.07) is 0.212. The molecule has 6 nitrogen and oxygen atoms in total.